The molecular formula is C26H24AuN6-. The molecule has 2 aliphatic heterocycles. The van der Waals surface area contributed by atoms with E-state index in [4.69, 9.17) is 0 Å². The van der Waals surface area contributed by atoms with Gasteiger partial charge in [0.25, 0.3) is 0 Å². The molecule has 0 N–H and O–H groups in total. The number of rotatable bonds is 2. The summed E-state index contributed by atoms with van der Waals surface area (Å²) in [7, 11) is 4.00. The van der Waals surface area contributed by atoms with Gasteiger partial charge in [-0.05, 0) is 75.3 Å². The number of aromatic nitrogens is 2. The number of benzene rings is 2. The number of pyridine rings is 2. The van der Waals surface area contributed by atoms with Crippen molar-refractivity contribution in [3.8, 4) is 0 Å². The first-order valence-electron chi connectivity index (χ1n) is 10.4. The van der Waals surface area contributed by atoms with Crippen LogP contribution in [0.15, 0.2) is 97.6 Å². The third-order valence-electron chi connectivity index (χ3n) is 5.23. The van der Waals surface area contributed by atoms with Gasteiger partial charge in [-0.1, -0.05) is 36.4 Å². The van der Waals surface area contributed by atoms with Crippen molar-refractivity contribution in [3.05, 3.63) is 111 Å². The molecule has 0 unspecified atom stereocenters. The van der Waals surface area contributed by atoms with E-state index in [9.17, 15) is 0 Å². The number of hydrogen-bond acceptors (Lipinski definition) is 6. The first kappa shape index (κ1) is 22.9. The van der Waals surface area contributed by atoms with E-state index in [1.807, 2.05) is 120 Å². The van der Waals surface area contributed by atoms with Crippen molar-refractivity contribution in [2.45, 2.75) is 0 Å². The van der Waals surface area contributed by atoms with Gasteiger partial charge in [0.1, 0.15) is 11.6 Å². The summed E-state index contributed by atoms with van der Waals surface area (Å²) in [5.41, 5.74) is 2.05. The van der Waals surface area contributed by atoms with Gasteiger partial charge < -0.3 is 19.6 Å². The first-order valence-corrected chi connectivity index (χ1v) is 10.4. The topological polar surface area (TPSA) is 38.7 Å². The van der Waals surface area contributed by atoms with Crippen molar-refractivity contribution >= 4 is 33.4 Å². The Morgan fingerprint density at radius 2 is 0.970 bits per heavy atom. The van der Waals surface area contributed by atoms with Gasteiger partial charge in [-0.3, -0.25) is 0 Å². The second-order valence-corrected chi connectivity index (χ2v) is 7.70. The van der Waals surface area contributed by atoms with E-state index in [0.29, 0.717) is 0 Å². The molecule has 0 spiro atoms. The Hall–Kier alpha value is -3.32. The first-order chi connectivity index (χ1) is 15.7. The monoisotopic (exact) mass is 617 g/mol. The molecular weight excluding hydrogens is 593 g/mol. The van der Waals surface area contributed by atoms with Crippen LogP contribution in [0.2, 0.25) is 0 Å². The molecule has 6 rings (SSSR count). The van der Waals surface area contributed by atoms with E-state index in [-0.39, 0.29) is 22.4 Å². The van der Waals surface area contributed by atoms with E-state index >= 15 is 0 Å². The van der Waals surface area contributed by atoms with Crippen LogP contribution in [-0.2, 0) is 22.4 Å². The van der Waals surface area contributed by atoms with Crippen molar-refractivity contribution < 1.29 is 22.4 Å². The zero-order chi connectivity index (χ0) is 21.9. The van der Waals surface area contributed by atoms with Crippen LogP contribution in [-0.4, -0.2) is 33.9 Å². The summed E-state index contributed by atoms with van der Waals surface area (Å²) in [4.78, 5) is 17.2. The zero-order valence-electron chi connectivity index (χ0n) is 18.4. The molecule has 0 radical (unpaired) electrons. The molecule has 0 atom stereocenters. The maximum absolute atomic E-state index is 4.61. The maximum Gasteiger partial charge on any atom is 1.00 e. The van der Waals surface area contributed by atoms with Crippen LogP contribution in [0.5, 0.6) is 0 Å². The molecule has 2 aliphatic rings. The fourth-order valence-electron chi connectivity index (χ4n) is 3.57. The van der Waals surface area contributed by atoms with Crippen molar-refractivity contribution in [1.29, 1.82) is 0 Å². The quantitative estimate of drug-likeness (QED) is 0.229. The van der Waals surface area contributed by atoms with E-state index in [0.717, 1.165) is 22.7 Å². The van der Waals surface area contributed by atoms with Gasteiger partial charge in [0.15, 0.2) is 0 Å². The number of fused-ring (bicyclic) bond motifs is 2. The average Bonchev–Trinajstić information content (AvgIpc) is 3.47. The second kappa shape index (κ2) is 10.1. The normalized spacial score (nSPS) is 14.6. The van der Waals surface area contributed by atoms with Crippen molar-refractivity contribution in [3.63, 3.8) is 0 Å². The summed E-state index contributed by atoms with van der Waals surface area (Å²) in [5, 5.41) is 2.34. The van der Waals surface area contributed by atoms with Crippen LogP contribution in [0, 0.1) is 13.3 Å². The Bertz CT molecular complexity index is 1200. The average molecular weight is 617 g/mol. The molecule has 2 aromatic carbocycles. The van der Waals surface area contributed by atoms with Gasteiger partial charge >= 0.3 is 22.4 Å². The summed E-state index contributed by atoms with van der Waals surface area (Å²) >= 11 is 0. The molecule has 0 aliphatic carbocycles. The minimum atomic E-state index is 0. The van der Waals surface area contributed by atoms with Gasteiger partial charge in [0.05, 0.1) is 11.0 Å². The predicted octanol–water partition coefficient (Wildman–Crippen LogP) is 5.15. The molecule has 0 amide bonds. The molecule has 0 fully saturated rings. The SMILES string of the molecule is CN1C=CN(c2ccc3ccccc3n2)[CH-]1.CN1C=CN(c2ccc3ccccc3n2)[CH-]1.[Au+]. The van der Waals surface area contributed by atoms with Crippen LogP contribution in [0.1, 0.15) is 0 Å². The number of hydrogen-bond donors (Lipinski definition) is 0. The third-order valence-corrected chi connectivity index (χ3v) is 5.23. The summed E-state index contributed by atoms with van der Waals surface area (Å²) in [6.07, 6.45) is 7.99. The van der Waals surface area contributed by atoms with Gasteiger partial charge in [-0.25, -0.2) is 9.97 Å². The molecule has 0 saturated heterocycles. The number of nitrogens with zero attached hydrogens (tertiary/aromatic N) is 6. The predicted molar refractivity (Wildman–Crippen MR) is 131 cm³/mol. The Morgan fingerprint density at radius 3 is 1.36 bits per heavy atom. The van der Waals surface area contributed by atoms with Crippen LogP contribution in [0.4, 0.5) is 11.6 Å². The van der Waals surface area contributed by atoms with Crippen molar-refractivity contribution in [2.24, 2.45) is 0 Å². The fraction of sp³-hybridized carbons (Fsp3) is 0.0769. The second-order valence-electron chi connectivity index (χ2n) is 7.70. The molecule has 4 aromatic rings. The summed E-state index contributed by atoms with van der Waals surface area (Å²) in [6, 6.07) is 24.5. The molecule has 0 bridgehead atoms. The molecule has 7 heteroatoms. The van der Waals surface area contributed by atoms with Gasteiger partial charge in [-0.2, -0.15) is 0 Å². The largest absolute Gasteiger partial charge is 1.00 e. The fourth-order valence-corrected chi connectivity index (χ4v) is 3.57. The minimum Gasteiger partial charge on any atom is -0.510 e. The zero-order valence-corrected chi connectivity index (χ0v) is 20.5. The summed E-state index contributed by atoms with van der Waals surface area (Å²) in [5.74, 6) is 1.89. The third kappa shape index (κ3) is 5.20. The summed E-state index contributed by atoms with van der Waals surface area (Å²) < 4.78 is 0. The smallest absolute Gasteiger partial charge is 0.510 e. The Balaban J connectivity index is 0.000000152. The van der Waals surface area contributed by atoms with Crippen molar-refractivity contribution in [1.82, 2.24) is 19.8 Å². The van der Waals surface area contributed by atoms with E-state index in [1.54, 1.807) is 0 Å². The van der Waals surface area contributed by atoms with Gasteiger partial charge in [0, 0.05) is 10.8 Å². The standard InChI is InChI=1S/2C13H12N3.Au/c2*1-15-8-9-16(10-15)13-7-6-11-4-2-3-5-12(11)14-13;/h2*2-10H,1H3;/q2*-1;+1. The Morgan fingerprint density at radius 1 is 0.545 bits per heavy atom. The van der Waals surface area contributed by atoms with Crippen molar-refractivity contribution in [2.75, 3.05) is 23.9 Å². The molecule has 33 heavy (non-hydrogen) atoms. The van der Waals surface area contributed by atoms with E-state index in [1.165, 1.54) is 10.8 Å². The maximum atomic E-state index is 4.61. The van der Waals surface area contributed by atoms with Gasteiger partial charge in [0.2, 0.25) is 0 Å². The Labute approximate surface area is 209 Å². The number of para-hydroxylation sites is 2. The van der Waals surface area contributed by atoms with Crippen LogP contribution >= 0.6 is 0 Å². The molecule has 0 saturated carbocycles. The van der Waals surface area contributed by atoms with E-state index in [2.05, 4.69) is 34.2 Å². The van der Waals surface area contributed by atoms with Gasteiger partial charge in [-0.15, -0.1) is 13.3 Å². The Kier molecular flexibility index (Phi) is 6.99. The molecule has 2 aromatic heterocycles. The van der Waals surface area contributed by atoms with Crippen LogP contribution in [0.25, 0.3) is 21.8 Å². The molecule has 170 valence electrons. The number of anilines is 2. The van der Waals surface area contributed by atoms with E-state index < -0.39 is 0 Å². The molecule has 4 heterocycles. The molecule has 6 nitrogen and oxygen atoms in total. The minimum absolute atomic E-state index is 0. The summed E-state index contributed by atoms with van der Waals surface area (Å²) in [6.45, 7) is 3.99. The van der Waals surface area contributed by atoms with Crippen LogP contribution in [0.3, 0.4) is 0 Å². The van der Waals surface area contributed by atoms with Crippen LogP contribution < -0.4 is 9.80 Å².